The minimum atomic E-state index is -0.329. The summed E-state index contributed by atoms with van der Waals surface area (Å²) in [6.45, 7) is 0.475. The van der Waals surface area contributed by atoms with Crippen molar-refractivity contribution in [1.29, 1.82) is 0 Å². The molecule has 0 saturated carbocycles. The van der Waals surface area contributed by atoms with Crippen LogP contribution in [0.25, 0.3) is 0 Å². The van der Waals surface area contributed by atoms with E-state index in [2.05, 4.69) is 10.4 Å². The predicted molar refractivity (Wildman–Crippen MR) is 107 cm³/mol. The molecule has 146 valence electrons. The van der Waals surface area contributed by atoms with Gasteiger partial charge in [0.25, 0.3) is 5.91 Å². The highest BCUT2D eigenvalue weighted by Crippen LogP contribution is 2.32. The predicted octanol–water partition coefficient (Wildman–Crippen LogP) is 3.86. The molecule has 0 aliphatic carbocycles. The average molecular weight is 402 g/mol. The molecule has 0 atom stereocenters. The van der Waals surface area contributed by atoms with Crippen LogP contribution in [0, 0.1) is 0 Å². The molecule has 0 radical (unpaired) electrons. The van der Waals surface area contributed by atoms with E-state index in [4.69, 9.17) is 25.8 Å². The Morgan fingerprint density at radius 2 is 1.82 bits per heavy atom. The molecule has 0 saturated heterocycles. The fourth-order valence-electron chi connectivity index (χ4n) is 2.71. The Kier molecular flexibility index (Phi) is 6.06. The second-order valence-electron chi connectivity index (χ2n) is 5.89. The number of anilines is 1. The Hall–Kier alpha value is -3.19. The van der Waals surface area contributed by atoms with Crippen molar-refractivity contribution in [3.8, 4) is 17.2 Å². The quantitative estimate of drug-likeness (QED) is 0.650. The molecule has 1 amide bonds. The van der Waals surface area contributed by atoms with E-state index in [9.17, 15) is 4.79 Å². The van der Waals surface area contributed by atoms with E-state index >= 15 is 0 Å². The number of rotatable bonds is 7. The molecule has 1 aromatic heterocycles. The van der Waals surface area contributed by atoms with Gasteiger partial charge in [0, 0.05) is 6.20 Å². The second kappa shape index (κ2) is 8.67. The Labute approximate surface area is 167 Å². The number of benzene rings is 2. The van der Waals surface area contributed by atoms with Gasteiger partial charge in [-0.3, -0.25) is 9.48 Å². The first kappa shape index (κ1) is 19.6. The number of carbonyl (C=O) groups is 1. The molecule has 3 rings (SSSR count). The zero-order chi connectivity index (χ0) is 20.1. The van der Waals surface area contributed by atoms with Gasteiger partial charge in [-0.15, -0.1) is 0 Å². The normalized spacial score (nSPS) is 10.4. The number of methoxy groups -OCH3 is 3. The van der Waals surface area contributed by atoms with Gasteiger partial charge >= 0.3 is 0 Å². The molecule has 0 aliphatic rings. The second-order valence-corrected chi connectivity index (χ2v) is 6.29. The van der Waals surface area contributed by atoms with Crippen LogP contribution in [0.2, 0.25) is 5.02 Å². The van der Waals surface area contributed by atoms with Crippen molar-refractivity contribution in [3.63, 3.8) is 0 Å². The van der Waals surface area contributed by atoms with Crippen LogP contribution in [0.5, 0.6) is 17.2 Å². The summed E-state index contributed by atoms with van der Waals surface area (Å²) in [5.74, 6) is 1.44. The average Bonchev–Trinajstić information content (AvgIpc) is 3.18. The van der Waals surface area contributed by atoms with Crippen molar-refractivity contribution in [2.24, 2.45) is 0 Å². The minimum absolute atomic E-state index is 0.329. The molecule has 0 spiro atoms. The van der Waals surface area contributed by atoms with Crippen molar-refractivity contribution in [2.75, 3.05) is 26.6 Å². The van der Waals surface area contributed by atoms with E-state index in [1.807, 2.05) is 18.2 Å². The number of nitrogens with zero attached hydrogens (tertiary/aromatic N) is 2. The van der Waals surface area contributed by atoms with Crippen molar-refractivity contribution in [1.82, 2.24) is 9.78 Å². The zero-order valence-corrected chi connectivity index (χ0v) is 16.5. The maximum Gasteiger partial charge on any atom is 0.258 e. The third-order valence-corrected chi connectivity index (χ3v) is 4.44. The molecule has 8 heteroatoms. The third-order valence-electron chi connectivity index (χ3n) is 4.12. The Morgan fingerprint density at radius 1 is 1.07 bits per heavy atom. The monoisotopic (exact) mass is 401 g/mol. The van der Waals surface area contributed by atoms with Crippen molar-refractivity contribution in [2.45, 2.75) is 6.54 Å². The summed E-state index contributed by atoms with van der Waals surface area (Å²) in [6, 6.07) is 10.8. The number of para-hydroxylation sites is 1. The van der Waals surface area contributed by atoms with E-state index in [0.29, 0.717) is 40.1 Å². The number of hydrogen-bond acceptors (Lipinski definition) is 5. The fraction of sp³-hybridized carbons (Fsp3) is 0.200. The first-order chi connectivity index (χ1) is 13.5. The molecule has 0 aliphatic heterocycles. The number of aromatic nitrogens is 2. The highest BCUT2D eigenvalue weighted by Gasteiger charge is 2.15. The van der Waals surface area contributed by atoms with Crippen LogP contribution in [0.4, 0.5) is 5.69 Å². The van der Waals surface area contributed by atoms with Crippen LogP contribution >= 0.6 is 11.6 Å². The fourth-order valence-corrected chi connectivity index (χ4v) is 2.93. The number of nitrogens with one attached hydrogen (secondary N) is 1. The van der Waals surface area contributed by atoms with Crippen LogP contribution in [-0.2, 0) is 6.54 Å². The van der Waals surface area contributed by atoms with Gasteiger partial charge in [-0.25, -0.2) is 0 Å². The molecule has 28 heavy (non-hydrogen) atoms. The van der Waals surface area contributed by atoms with E-state index in [0.717, 1.165) is 5.56 Å². The van der Waals surface area contributed by atoms with E-state index in [1.54, 1.807) is 43.3 Å². The standard InChI is InChI=1S/C20H20ClN3O4/c1-26-16-8-7-13(9-18(16)28-3)11-24-12-14(10-22-24)20(25)23-19-15(21)5-4-6-17(19)27-2/h4-10,12H,11H2,1-3H3,(H,23,25). The maximum absolute atomic E-state index is 12.6. The SMILES string of the molecule is COc1ccc(Cn2cc(C(=O)Nc3c(Cl)cccc3OC)cn2)cc1OC. The molecule has 1 heterocycles. The van der Waals surface area contributed by atoms with E-state index in [-0.39, 0.29) is 5.91 Å². The smallest absolute Gasteiger partial charge is 0.258 e. The van der Waals surface area contributed by atoms with E-state index < -0.39 is 0 Å². The summed E-state index contributed by atoms with van der Waals surface area (Å²) in [5, 5.41) is 7.42. The maximum atomic E-state index is 12.6. The molecule has 0 fully saturated rings. The van der Waals surface area contributed by atoms with Gasteiger partial charge in [-0.05, 0) is 29.8 Å². The molecule has 7 nitrogen and oxygen atoms in total. The first-order valence-electron chi connectivity index (χ1n) is 8.43. The lowest BCUT2D eigenvalue weighted by atomic mass is 10.2. The van der Waals surface area contributed by atoms with Crippen LogP contribution in [-0.4, -0.2) is 37.0 Å². The summed E-state index contributed by atoms with van der Waals surface area (Å²) in [5.41, 5.74) is 1.78. The summed E-state index contributed by atoms with van der Waals surface area (Å²) in [7, 11) is 4.69. The lowest BCUT2D eigenvalue weighted by molar-refractivity contribution is 0.102. The molecule has 0 bridgehead atoms. The lowest BCUT2D eigenvalue weighted by Crippen LogP contribution is -2.12. The van der Waals surface area contributed by atoms with Crippen LogP contribution in [0.3, 0.4) is 0 Å². The number of carbonyl (C=O) groups excluding carboxylic acids is 1. The van der Waals surface area contributed by atoms with Gasteiger partial charge in [0.15, 0.2) is 11.5 Å². The minimum Gasteiger partial charge on any atom is -0.495 e. The van der Waals surface area contributed by atoms with Crippen LogP contribution in [0.1, 0.15) is 15.9 Å². The summed E-state index contributed by atoms with van der Waals surface area (Å²) in [6.07, 6.45) is 3.16. The van der Waals surface area contributed by atoms with Crippen LogP contribution in [0.15, 0.2) is 48.8 Å². The van der Waals surface area contributed by atoms with Crippen molar-refractivity contribution < 1.29 is 19.0 Å². The molecular formula is C20H20ClN3O4. The van der Waals surface area contributed by atoms with Gasteiger partial charge in [0.1, 0.15) is 11.4 Å². The van der Waals surface area contributed by atoms with Gasteiger partial charge < -0.3 is 19.5 Å². The Morgan fingerprint density at radius 3 is 2.54 bits per heavy atom. The zero-order valence-electron chi connectivity index (χ0n) is 15.7. The molecular weight excluding hydrogens is 382 g/mol. The lowest BCUT2D eigenvalue weighted by Gasteiger charge is -2.11. The first-order valence-corrected chi connectivity index (χ1v) is 8.80. The Balaban J connectivity index is 1.75. The van der Waals surface area contributed by atoms with E-state index in [1.165, 1.54) is 13.3 Å². The highest BCUT2D eigenvalue weighted by molar-refractivity contribution is 6.34. The molecule has 2 aromatic carbocycles. The third kappa shape index (κ3) is 4.20. The molecule has 1 N–H and O–H groups in total. The van der Waals surface area contributed by atoms with Crippen molar-refractivity contribution >= 4 is 23.2 Å². The number of amides is 1. The highest BCUT2D eigenvalue weighted by atomic mass is 35.5. The topological polar surface area (TPSA) is 74.6 Å². The molecule has 3 aromatic rings. The number of halogens is 1. The Bertz CT molecular complexity index is 987. The summed E-state index contributed by atoms with van der Waals surface area (Å²) < 4.78 is 17.5. The summed E-state index contributed by atoms with van der Waals surface area (Å²) >= 11 is 6.17. The van der Waals surface area contributed by atoms with Gasteiger partial charge in [-0.2, -0.15) is 5.10 Å². The van der Waals surface area contributed by atoms with Gasteiger partial charge in [-0.1, -0.05) is 23.7 Å². The van der Waals surface area contributed by atoms with Crippen molar-refractivity contribution in [3.05, 3.63) is 64.9 Å². The van der Waals surface area contributed by atoms with Gasteiger partial charge in [0.05, 0.1) is 44.7 Å². The summed E-state index contributed by atoms with van der Waals surface area (Å²) in [4.78, 5) is 12.6. The van der Waals surface area contributed by atoms with Crippen LogP contribution < -0.4 is 19.5 Å². The molecule has 0 unspecified atom stereocenters. The number of ether oxygens (including phenoxy) is 3. The largest absolute Gasteiger partial charge is 0.495 e. The van der Waals surface area contributed by atoms with Gasteiger partial charge in [0.2, 0.25) is 0 Å². The number of hydrogen-bond donors (Lipinski definition) is 1.